The molecule has 1 aliphatic heterocycles. The van der Waals surface area contributed by atoms with Crippen LogP contribution in [0.4, 0.5) is 5.69 Å². The maximum absolute atomic E-state index is 13.9. The van der Waals surface area contributed by atoms with Crippen molar-refractivity contribution in [3.8, 4) is 5.75 Å². The van der Waals surface area contributed by atoms with E-state index >= 15 is 0 Å². The highest BCUT2D eigenvalue weighted by molar-refractivity contribution is 6.02. The van der Waals surface area contributed by atoms with Crippen LogP contribution < -0.4 is 9.64 Å². The van der Waals surface area contributed by atoms with E-state index in [4.69, 9.17) is 14.2 Å². The SMILES string of the molecule is CCOC(=O)c1cccc2c1C[C@@H](c1ccc(OC)cc1)[C@@H](OC(C)=O)C(=O)N2CCN(C)C. The lowest BCUT2D eigenvalue weighted by Crippen LogP contribution is -2.45. The number of hydrogen-bond acceptors (Lipinski definition) is 7. The summed E-state index contributed by atoms with van der Waals surface area (Å²) < 4.78 is 16.2. The van der Waals surface area contributed by atoms with Crippen molar-refractivity contribution < 1.29 is 28.6 Å². The van der Waals surface area contributed by atoms with Crippen LogP contribution in [-0.2, 0) is 25.5 Å². The van der Waals surface area contributed by atoms with Gasteiger partial charge in [0.05, 0.1) is 19.3 Å². The minimum Gasteiger partial charge on any atom is -0.497 e. The molecule has 182 valence electrons. The third kappa shape index (κ3) is 5.56. The van der Waals surface area contributed by atoms with E-state index in [9.17, 15) is 14.4 Å². The summed E-state index contributed by atoms with van der Waals surface area (Å²) in [5, 5.41) is 0. The molecular weight excluding hydrogens is 436 g/mol. The second kappa shape index (κ2) is 11.2. The van der Waals surface area contributed by atoms with Gasteiger partial charge in [-0.1, -0.05) is 18.2 Å². The third-order valence-corrected chi connectivity index (χ3v) is 5.84. The first-order chi connectivity index (χ1) is 16.3. The number of nitrogens with zero attached hydrogens (tertiary/aromatic N) is 2. The minimum absolute atomic E-state index is 0.240. The Balaban J connectivity index is 2.19. The standard InChI is InChI=1S/C26H32N2O6/c1-6-33-26(31)20-8-7-9-23-22(20)16-21(18-10-12-19(32-5)13-11-18)24(34-17(2)29)25(30)28(23)15-14-27(3)4/h7-13,21,24H,6,14-16H2,1-5H3/t21-,24+/m0/s1. The number of likely N-dealkylation sites (N-methyl/N-ethyl adjacent to an activating group) is 1. The summed E-state index contributed by atoms with van der Waals surface area (Å²) in [6.07, 6.45) is -0.728. The van der Waals surface area contributed by atoms with Crippen molar-refractivity contribution in [2.24, 2.45) is 0 Å². The maximum atomic E-state index is 13.9. The van der Waals surface area contributed by atoms with Gasteiger partial charge < -0.3 is 24.0 Å². The van der Waals surface area contributed by atoms with Gasteiger partial charge in [-0.25, -0.2) is 4.79 Å². The molecule has 0 bridgehead atoms. The fourth-order valence-corrected chi connectivity index (χ4v) is 4.20. The van der Waals surface area contributed by atoms with E-state index in [0.717, 1.165) is 5.56 Å². The van der Waals surface area contributed by atoms with E-state index in [1.807, 2.05) is 37.2 Å². The topological polar surface area (TPSA) is 85.4 Å². The number of ether oxygens (including phenoxy) is 3. The second-order valence-electron chi connectivity index (χ2n) is 8.43. The van der Waals surface area contributed by atoms with Gasteiger partial charge in [0.1, 0.15) is 5.75 Å². The Bertz CT molecular complexity index is 1030. The van der Waals surface area contributed by atoms with Crippen molar-refractivity contribution in [3.05, 3.63) is 59.2 Å². The van der Waals surface area contributed by atoms with Crippen LogP contribution in [0.15, 0.2) is 42.5 Å². The molecule has 2 aromatic rings. The normalized spacial score (nSPS) is 17.7. The number of methoxy groups -OCH3 is 1. The van der Waals surface area contributed by atoms with Gasteiger partial charge >= 0.3 is 11.9 Å². The van der Waals surface area contributed by atoms with Crippen molar-refractivity contribution in [1.82, 2.24) is 4.90 Å². The number of carbonyl (C=O) groups excluding carboxylic acids is 3. The molecule has 0 spiro atoms. The van der Waals surface area contributed by atoms with Crippen LogP contribution in [0.25, 0.3) is 0 Å². The minimum atomic E-state index is -1.05. The number of anilines is 1. The zero-order chi connectivity index (χ0) is 24.8. The largest absolute Gasteiger partial charge is 0.497 e. The Morgan fingerprint density at radius 2 is 1.82 bits per heavy atom. The monoisotopic (exact) mass is 468 g/mol. The molecule has 0 radical (unpaired) electrons. The second-order valence-corrected chi connectivity index (χ2v) is 8.43. The van der Waals surface area contributed by atoms with Crippen LogP contribution >= 0.6 is 0 Å². The molecular formula is C26H32N2O6. The molecule has 1 heterocycles. The highest BCUT2D eigenvalue weighted by Gasteiger charge is 2.41. The van der Waals surface area contributed by atoms with Crippen molar-refractivity contribution >= 4 is 23.5 Å². The lowest BCUT2D eigenvalue weighted by molar-refractivity contribution is -0.154. The predicted molar refractivity (Wildman–Crippen MR) is 128 cm³/mol. The third-order valence-electron chi connectivity index (χ3n) is 5.84. The molecule has 0 aliphatic carbocycles. The van der Waals surface area contributed by atoms with Gasteiger partial charge in [0.15, 0.2) is 6.10 Å². The summed E-state index contributed by atoms with van der Waals surface area (Å²) in [5.41, 5.74) is 2.54. The quantitative estimate of drug-likeness (QED) is 0.551. The molecule has 8 heteroatoms. The molecule has 3 rings (SSSR count). The summed E-state index contributed by atoms with van der Waals surface area (Å²) in [6.45, 7) is 4.25. The average Bonchev–Trinajstić information content (AvgIpc) is 2.92. The van der Waals surface area contributed by atoms with Crippen LogP contribution in [0.2, 0.25) is 0 Å². The van der Waals surface area contributed by atoms with Crippen LogP contribution in [0, 0.1) is 0 Å². The van der Waals surface area contributed by atoms with Gasteiger partial charge in [0, 0.05) is 31.6 Å². The number of carbonyl (C=O) groups is 3. The molecule has 0 unspecified atom stereocenters. The number of hydrogen-bond donors (Lipinski definition) is 0. The van der Waals surface area contributed by atoms with Gasteiger partial charge in [0.25, 0.3) is 5.91 Å². The van der Waals surface area contributed by atoms with Crippen LogP contribution in [-0.4, -0.2) is 69.8 Å². The average molecular weight is 469 g/mol. The number of benzene rings is 2. The van der Waals surface area contributed by atoms with Crippen molar-refractivity contribution in [2.45, 2.75) is 32.3 Å². The van der Waals surface area contributed by atoms with Crippen molar-refractivity contribution in [3.63, 3.8) is 0 Å². The van der Waals surface area contributed by atoms with Gasteiger partial charge in [0.2, 0.25) is 0 Å². The molecule has 0 saturated carbocycles. The van der Waals surface area contributed by atoms with Gasteiger partial charge in [-0.3, -0.25) is 9.59 Å². The first-order valence-corrected chi connectivity index (χ1v) is 11.3. The first-order valence-electron chi connectivity index (χ1n) is 11.3. The predicted octanol–water partition coefficient (Wildman–Crippen LogP) is 3.04. The number of amides is 1. The summed E-state index contributed by atoms with van der Waals surface area (Å²) in [4.78, 5) is 42.3. The van der Waals surface area contributed by atoms with E-state index in [1.54, 1.807) is 43.2 Å². The van der Waals surface area contributed by atoms with Crippen LogP contribution in [0.1, 0.15) is 41.3 Å². The Morgan fingerprint density at radius 1 is 1.12 bits per heavy atom. The van der Waals surface area contributed by atoms with Gasteiger partial charge in [-0.15, -0.1) is 0 Å². The van der Waals surface area contributed by atoms with Gasteiger partial charge in [-0.2, -0.15) is 0 Å². The molecule has 1 aliphatic rings. The fraction of sp³-hybridized carbons (Fsp3) is 0.423. The smallest absolute Gasteiger partial charge is 0.338 e. The molecule has 34 heavy (non-hydrogen) atoms. The molecule has 2 atom stereocenters. The van der Waals surface area contributed by atoms with E-state index in [-0.39, 0.29) is 12.5 Å². The summed E-state index contributed by atoms with van der Waals surface area (Å²) in [5.74, 6) is -1.13. The van der Waals surface area contributed by atoms with E-state index in [1.165, 1.54) is 6.92 Å². The summed E-state index contributed by atoms with van der Waals surface area (Å²) in [6, 6.07) is 12.6. The maximum Gasteiger partial charge on any atom is 0.338 e. The summed E-state index contributed by atoms with van der Waals surface area (Å²) >= 11 is 0. The fourth-order valence-electron chi connectivity index (χ4n) is 4.20. The number of esters is 2. The van der Waals surface area contributed by atoms with Crippen molar-refractivity contribution in [1.29, 1.82) is 0 Å². The van der Waals surface area contributed by atoms with Crippen LogP contribution in [0.3, 0.4) is 0 Å². The molecule has 0 N–H and O–H groups in total. The number of rotatable bonds is 8. The highest BCUT2D eigenvalue weighted by atomic mass is 16.5. The van der Waals surface area contributed by atoms with E-state index < -0.39 is 24.0 Å². The lowest BCUT2D eigenvalue weighted by Gasteiger charge is -2.29. The van der Waals surface area contributed by atoms with Gasteiger partial charge in [-0.05, 0) is 62.8 Å². The Hall–Kier alpha value is -3.39. The van der Waals surface area contributed by atoms with E-state index in [2.05, 4.69) is 0 Å². The summed E-state index contributed by atoms with van der Waals surface area (Å²) in [7, 11) is 5.42. The number of fused-ring (bicyclic) bond motifs is 1. The molecule has 0 fully saturated rings. The highest BCUT2D eigenvalue weighted by Crippen LogP contribution is 2.38. The zero-order valence-electron chi connectivity index (χ0n) is 20.4. The molecule has 2 aromatic carbocycles. The Kier molecular flexibility index (Phi) is 8.28. The molecule has 8 nitrogen and oxygen atoms in total. The molecule has 1 amide bonds. The van der Waals surface area contributed by atoms with Crippen molar-refractivity contribution in [2.75, 3.05) is 45.8 Å². The molecule has 0 aromatic heterocycles. The first kappa shape index (κ1) is 25.2. The Labute approximate surface area is 200 Å². The Morgan fingerprint density at radius 3 is 2.41 bits per heavy atom. The molecule has 0 saturated heterocycles. The zero-order valence-corrected chi connectivity index (χ0v) is 20.4. The van der Waals surface area contributed by atoms with Crippen LogP contribution in [0.5, 0.6) is 5.75 Å². The lowest BCUT2D eigenvalue weighted by atomic mass is 9.86. The van der Waals surface area contributed by atoms with E-state index in [0.29, 0.717) is 42.1 Å².